The van der Waals surface area contributed by atoms with Gasteiger partial charge in [0.15, 0.2) is 0 Å². The lowest BCUT2D eigenvalue weighted by atomic mass is 10.3. The highest BCUT2D eigenvalue weighted by molar-refractivity contribution is 8.01. The first-order chi connectivity index (χ1) is 9.65. The fraction of sp³-hybridized carbons (Fsp3) is 0.231. The molecule has 0 aliphatic carbocycles. The zero-order valence-electron chi connectivity index (χ0n) is 11.1. The Morgan fingerprint density at radius 3 is 2.65 bits per heavy atom. The van der Waals surface area contributed by atoms with Crippen molar-refractivity contribution in [1.29, 1.82) is 0 Å². The zero-order chi connectivity index (χ0) is 14.1. The van der Waals surface area contributed by atoms with Crippen molar-refractivity contribution >= 4 is 29.1 Å². The van der Waals surface area contributed by atoms with Gasteiger partial charge in [-0.15, -0.1) is 5.10 Å². The predicted octanol–water partition coefficient (Wildman–Crippen LogP) is 2.00. The molecule has 6 nitrogen and oxygen atoms in total. The van der Waals surface area contributed by atoms with Crippen molar-refractivity contribution in [2.75, 3.05) is 5.01 Å². The van der Waals surface area contributed by atoms with E-state index in [0.29, 0.717) is 5.16 Å². The van der Waals surface area contributed by atoms with E-state index < -0.39 is 0 Å². The number of rotatable bonds is 3. The minimum atomic E-state index is -0.370. The molecule has 0 bridgehead atoms. The third-order valence-corrected chi connectivity index (χ3v) is 4.04. The molecule has 1 atom stereocenters. The lowest BCUT2D eigenvalue weighted by molar-refractivity contribution is -0.116. The second kappa shape index (κ2) is 5.09. The number of aromatic nitrogens is 3. The zero-order valence-corrected chi connectivity index (χ0v) is 11.9. The van der Waals surface area contributed by atoms with Crippen molar-refractivity contribution in [3.8, 4) is 0 Å². The van der Waals surface area contributed by atoms with E-state index in [4.69, 9.17) is 0 Å². The van der Waals surface area contributed by atoms with Crippen LogP contribution in [0.1, 0.15) is 12.7 Å². The number of amides is 1. The summed E-state index contributed by atoms with van der Waals surface area (Å²) in [5.41, 5.74) is 1.53. The number of carbonyl (C=O) groups excluding carboxylic acids is 1. The summed E-state index contributed by atoms with van der Waals surface area (Å²) in [7, 11) is 0. The number of hydrazone groups is 1. The highest BCUT2D eigenvalue weighted by Gasteiger charge is 2.36. The molecule has 1 amide bonds. The Labute approximate surface area is 120 Å². The average Bonchev–Trinajstić information content (AvgIpc) is 2.98. The molecule has 0 unspecified atom stereocenters. The maximum atomic E-state index is 12.5. The number of anilines is 1. The second-order valence-corrected chi connectivity index (χ2v) is 5.50. The Bertz CT molecular complexity index is 666. The summed E-state index contributed by atoms with van der Waals surface area (Å²) in [6.45, 7) is 3.67. The average molecular weight is 287 g/mol. The molecule has 1 N–H and O–H groups in total. The molecule has 0 saturated heterocycles. The molecule has 20 heavy (non-hydrogen) atoms. The molecule has 0 spiro atoms. The van der Waals surface area contributed by atoms with Gasteiger partial charge in [0.1, 0.15) is 11.1 Å². The Hall–Kier alpha value is -2.15. The smallest absolute Gasteiger partial charge is 0.266 e. The fourth-order valence-electron chi connectivity index (χ4n) is 1.92. The van der Waals surface area contributed by atoms with Crippen LogP contribution in [0, 0.1) is 6.92 Å². The summed E-state index contributed by atoms with van der Waals surface area (Å²) < 4.78 is 0. The van der Waals surface area contributed by atoms with Crippen LogP contribution < -0.4 is 5.01 Å². The van der Waals surface area contributed by atoms with Crippen LogP contribution in [0.2, 0.25) is 0 Å². The molecule has 0 fully saturated rings. The van der Waals surface area contributed by atoms with E-state index >= 15 is 0 Å². The quantitative estimate of drug-likeness (QED) is 0.937. The largest absolute Gasteiger partial charge is 0.271 e. The standard InChI is InChI=1S/C13H13N5OS/c1-8-11(20-13-14-9(2)15-16-13)12(19)18(17-8)10-6-4-3-5-7-10/h3-7,11H,1-2H3,(H,14,15,16)/t11-/m0/s1. The molecular weight excluding hydrogens is 274 g/mol. The van der Waals surface area contributed by atoms with Crippen LogP contribution in [0.15, 0.2) is 40.6 Å². The first-order valence-corrected chi connectivity index (χ1v) is 7.03. The predicted molar refractivity (Wildman–Crippen MR) is 77.8 cm³/mol. The molecular formula is C13H13N5OS. The van der Waals surface area contributed by atoms with Gasteiger partial charge < -0.3 is 0 Å². The number of nitrogens with zero attached hydrogens (tertiary/aromatic N) is 4. The molecule has 1 aromatic heterocycles. The Kier molecular flexibility index (Phi) is 3.27. The van der Waals surface area contributed by atoms with Gasteiger partial charge in [-0.2, -0.15) is 10.1 Å². The Morgan fingerprint density at radius 1 is 1.25 bits per heavy atom. The number of hydrogen-bond acceptors (Lipinski definition) is 5. The number of nitrogens with one attached hydrogen (secondary N) is 1. The van der Waals surface area contributed by atoms with Gasteiger partial charge in [-0.25, -0.2) is 4.98 Å². The van der Waals surface area contributed by atoms with Gasteiger partial charge in [0.25, 0.3) is 5.91 Å². The third-order valence-electron chi connectivity index (χ3n) is 2.87. The molecule has 7 heteroatoms. The molecule has 1 aliphatic heterocycles. The van der Waals surface area contributed by atoms with E-state index in [1.54, 1.807) is 0 Å². The van der Waals surface area contributed by atoms with Crippen molar-refractivity contribution in [2.45, 2.75) is 24.3 Å². The summed E-state index contributed by atoms with van der Waals surface area (Å²) in [5, 5.41) is 12.8. The van der Waals surface area contributed by atoms with E-state index in [2.05, 4.69) is 20.3 Å². The van der Waals surface area contributed by atoms with Crippen LogP contribution in [-0.2, 0) is 4.79 Å². The topological polar surface area (TPSA) is 74.2 Å². The van der Waals surface area contributed by atoms with E-state index in [-0.39, 0.29) is 11.2 Å². The second-order valence-electron chi connectivity index (χ2n) is 4.43. The van der Waals surface area contributed by atoms with E-state index in [9.17, 15) is 4.79 Å². The highest BCUT2D eigenvalue weighted by Crippen LogP contribution is 2.29. The van der Waals surface area contributed by atoms with Gasteiger partial charge >= 0.3 is 0 Å². The monoisotopic (exact) mass is 287 g/mol. The van der Waals surface area contributed by atoms with Gasteiger partial charge in [0.2, 0.25) is 5.16 Å². The van der Waals surface area contributed by atoms with Gasteiger partial charge in [-0.1, -0.05) is 30.0 Å². The Morgan fingerprint density at radius 2 is 2.00 bits per heavy atom. The number of aryl methyl sites for hydroxylation is 1. The minimum Gasteiger partial charge on any atom is -0.271 e. The number of aromatic amines is 1. The SMILES string of the molecule is CC1=NN(c2ccccc2)C(=O)[C@H]1Sc1n[nH]c(C)n1. The number of hydrogen-bond donors (Lipinski definition) is 1. The molecule has 2 heterocycles. The third kappa shape index (κ3) is 2.32. The van der Waals surface area contributed by atoms with Crippen molar-refractivity contribution < 1.29 is 4.79 Å². The van der Waals surface area contributed by atoms with Crippen LogP contribution >= 0.6 is 11.8 Å². The summed E-state index contributed by atoms with van der Waals surface area (Å²) in [6.07, 6.45) is 0. The number of benzene rings is 1. The first-order valence-electron chi connectivity index (χ1n) is 6.15. The van der Waals surface area contributed by atoms with Crippen molar-refractivity contribution in [2.24, 2.45) is 5.10 Å². The number of H-pyrrole nitrogens is 1. The molecule has 102 valence electrons. The number of carbonyl (C=O) groups is 1. The van der Waals surface area contributed by atoms with Crippen LogP contribution in [0.25, 0.3) is 0 Å². The number of thioether (sulfide) groups is 1. The maximum Gasteiger partial charge on any atom is 0.266 e. The van der Waals surface area contributed by atoms with Crippen molar-refractivity contribution in [3.63, 3.8) is 0 Å². The first kappa shape index (κ1) is 12.9. The Balaban J connectivity index is 1.82. The lowest BCUT2D eigenvalue weighted by Gasteiger charge is -2.13. The summed E-state index contributed by atoms with van der Waals surface area (Å²) in [5.74, 6) is 0.661. The van der Waals surface area contributed by atoms with Gasteiger partial charge in [-0.05, 0) is 26.0 Å². The van der Waals surface area contributed by atoms with Crippen LogP contribution in [0.4, 0.5) is 5.69 Å². The summed E-state index contributed by atoms with van der Waals surface area (Å²) in [6, 6.07) is 9.39. The fourth-order valence-corrected chi connectivity index (χ4v) is 2.84. The molecule has 0 radical (unpaired) electrons. The van der Waals surface area contributed by atoms with Gasteiger partial charge in [-0.3, -0.25) is 9.89 Å². The molecule has 2 aromatic rings. The highest BCUT2D eigenvalue weighted by atomic mass is 32.2. The summed E-state index contributed by atoms with van der Waals surface area (Å²) in [4.78, 5) is 16.7. The molecule has 1 aromatic carbocycles. The van der Waals surface area contributed by atoms with Crippen LogP contribution in [0.3, 0.4) is 0 Å². The van der Waals surface area contributed by atoms with E-state index in [1.807, 2.05) is 44.2 Å². The lowest BCUT2D eigenvalue weighted by Crippen LogP contribution is -2.29. The van der Waals surface area contributed by atoms with Gasteiger partial charge in [0, 0.05) is 0 Å². The number of para-hydroxylation sites is 1. The minimum absolute atomic E-state index is 0.0684. The van der Waals surface area contributed by atoms with E-state index in [0.717, 1.165) is 17.2 Å². The van der Waals surface area contributed by atoms with Crippen LogP contribution in [0.5, 0.6) is 0 Å². The molecule has 3 rings (SSSR count). The normalized spacial score (nSPS) is 18.5. The summed E-state index contributed by atoms with van der Waals surface area (Å²) >= 11 is 1.31. The molecule has 0 saturated carbocycles. The van der Waals surface area contributed by atoms with Gasteiger partial charge in [0.05, 0.1) is 11.4 Å². The van der Waals surface area contributed by atoms with Crippen LogP contribution in [-0.4, -0.2) is 32.1 Å². The maximum absolute atomic E-state index is 12.5. The van der Waals surface area contributed by atoms with E-state index in [1.165, 1.54) is 16.8 Å². The van der Waals surface area contributed by atoms with Crippen molar-refractivity contribution in [3.05, 3.63) is 36.2 Å². The molecule has 1 aliphatic rings. The van der Waals surface area contributed by atoms with Crippen molar-refractivity contribution in [1.82, 2.24) is 15.2 Å².